The van der Waals surface area contributed by atoms with E-state index in [1.165, 1.54) is 19.2 Å². The number of halogens is 1. The van der Waals surface area contributed by atoms with Crippen LogP contribution in [0.3, 0.4) is 0 Å². The van der Waals surface area contributed by atoms with Gasteiger partial charge in [-0.1, -0.05) is 5.16 Å². The molecule has 0 spiro atoms. The molecule has 1 aromatic rings. The van der Waals surface area contributed by atoms with Crippen molar-refractivity contribution in [1.29, 1.82) is 0 Å². The van der Waals surface area contributed by atoms with Gasteiger partial charge < -0.3 is 20.0 Å². The third-order valence-corrected chi connectivity index (χ3v) is 2.67. The molecule has 7 heteroatoms. The van der Waals surface area contributed by atoms with Crippen molar-refractivity contribution >= 4 is 11.6 Å². The molecule has 0 aliphatic carbocycles. The van der Waals surface area contributed by atoms with E-state index in [2.05, 4.69) is 10.5 Å². The topological polar surface area (TPSA) is 80.2 Å². The van der Waals surface area contributed by atoms with Gasteiger partial charge in [0.15, 0.2) is 6.61 Å². The summed E-state index contributed by atoms with van der Waals surface area (Å²) in [4.78, 5) is 11.7. The lowest BCUT2D eigenvalue weighted by Gasteiger charge is -2.14. The summed E-state index contributed by atoms with van der Waals surface area (Å²) in [6.45, 7) is 3.44. The first-order chi connectivity index (χ1) is 9.97. The lowest BCUT2D eigenvalue weighted by Crippen LogP contribution is -2.38. The molecule has 0 radical (unpaired) electrons. The van der Waals surface area contributed by atoms with E-state index in [4.69, 9.17) is 14.7 Å². The minimum absolute atomic E-state index is 0.139. The van der Waals surface area contributed by atoms with Crippen LogP contribution in [0.25, 0.3) is 0 Å². The molecule has 6 nitrogen and oxygen atoms in total. The molecule has 0 bridgehead atoms. The van der Waals surface area contributed by atoms with Crippen molar-refractivity contribution in [2.24, 2.45) is 5.16 Å². The van der Waals surface area contributed by atoms with Crippen LogP contribution in [0.2, 0.25) is 0 Å². The molecule has 1 amide bonds. The first-order valence-corrected chi connectivity index (χ1v) is 6.37. The van der Waals surface area contributed by atoms with Gasteiger partial charge in [0.1, 0.15) is 11.6 Å². The summed E-state index contributed by atoms with van der Waals surface area (Å²) >= 11 is 0. The van der Waals surface area contributed by atoms with Crippen molar-refractivity contribution in [1.82, 2.24) is 5.32 Å². The SMILES string of the molecule is COCC(C)NC(=O)COc1cc(F)ccc1C(C)=NO. The van der Waals surface area contributed by atoms with Crippen LogP contribution in [0.15, 0.2) is 23.4 Å². The molecule has 0 fully saturated rings. The molecular formula is C14H19FN2O4. The van der Waals surface area contributed by atoms with Crippen LogP contribution in [0, 0.1) is 5.82 Å². The molecule has 1 unspecified atom stereocenters. The van der Waals surface area contributed by atoms with Crippen molar-refractivity contribution in [3.05, 3.63) is 29.6 Å². The highest BCUT2D eigenvalue weighted by atomic mass is 19.1. The first kappa shape index (κ1) is 16.9. The second-order valence-electron chi connectivity index (χ2n) is 4.54. The standard InChI is InChI=1S/C14H19FN2O4/c1-9(7-20-3)16-14(18)8-21-13-6-11(15)4-5-12(13)10(2)17-19/h4-6,9,19H,7-8H2,1-3H3,(H,16,18). The number of nitrogens with zero attached hydrogens (tertiary/aromatic N) is 1. The number of nitrogens with one attached hydrogen (secondary N) is 1. The van der Waals surface area contributed by atoms with Crippen LogP contribution in [-0.2, 0) is 9.53 Å². The molecule has 2 N–H and O–H groups in total. The van der Waals surface area contributed by atoms with Crippen LogP contribution in [0.4, 0.5) is 4.39 Å². The fourth-order valence-electron chi connectivity index (χ4n) is 1.72. The Labute approximate surface area is 122 Å². The van der Waals surface area contributed by atoms with Gasteiger partial charge in [-0.15, -0.1) is 0 Å². The van der Waals surface area contributed by atoms with Crippen LogP contribution in [-0.4, -0.2) is 43.2 Å². The molecule has 0 aliphatic heterocycles. The summed E-state index contributed by atoms with van der Waals surface area (Å²) in [5, 5.41) is 14.5. The Morgan fingerprint density at radius 2 is 2.24 bits per heavy atom. The quantitative estimate of drug-likeness (QED) is 0.455. The minimum Gasteiger partial charge on any atom is -0.483 e. The maximum atomic E-state index is 13.3. The fourth-order valence-corrected chi connectivity index (χ4v) is 1.72. The van der Waals surface area contributed by atoms with Gasteiger partial charge in [-0.25, -0.2) is 4.39 Å². The van der Waals surface area contributed by atoms with Gasteiger partial charge in [-0.3, -0.25) is 4.79 Å². The third kappa shape index (κ3) is 5.39. The Bertz CT molecular complexity index is 520. The third-order valence-electron chi connectivity index (χ3n) is 2.67. The van der Waals surface area contributed by atoms with Crippen molar-refractivity contribution in [2.75, 3.05) is 20.3 Å². The smallest absolute Gasteiger partial charge is 0.258 e. The van der Waals surface area contributed by atoms with Gasteiger partial charge in [0.05, 0.1) is 12.3 Å². The average Bonchev–Trinajstić information content (AvgIpc) is 2.44. The summed E-state index contributed by atoms with van der Waals surface area (Å²) in [5.74, 6) is -0.721. The molecule has 116 valence electrons. The zero-order valence-electron chi connectivity index (χ0n) is 12.2. The number of carbonyl (C=O) groups excluding carboxylic acids is 1. The summed E-state index contributed by atoms with van der Waals surface area (Å²) < 4.78 is 23.4. The number of carbonyl (C=O) groups is 1. The maximum absolute atomic E-state index is 13.3. The van der Waals surface area contributed by atoms with Crippen molar-refractivity contribution in [3.8, 4) is 5.75 Å². The number of benzene rings is 1. The average molecular weight is 298 g/mol. The number of amides is 1. The van der Waals surface area contributed by atoms with Crippen molar-refractivity contribution in [2.45, 2.75) is 19.9 Å². The van der Waals surface area contributed by atoms with E-state index >= 15 is 0 Å². The molecule has 1 rings (SSSR count). The van der Waals surface area contributed by atoms with Crippen LogP contribution in [0.5, 0.6) is 5.75 Å². The highest BCUT2D eigenvalue weighted by molar-refractivity contribution is 6.00. The molecule has 0 heterocycles. The molecule has 1 aromatic carbocycles. The fraction of sp³-hybridized carbons (Fsp3) is 0.429. The predicted molar refractivity (Wildman–Crippen MR) is 75.4 cm³/mol. The van der Waals surface area contributed by atoms with E-state index in [0.717, 1.165) is 6.07 Å². The summed E-state index contributed by atoms with van der Waals surface area (Å²) in [6.07, 6.45) is 0. The molecular weight excluding hydrogens is 279 g/mol. The van der Waals surface area contributed by atoms with Gasteiger partial charge in [-0.2, -0.15) is 0 Å². The van der Waals surface area contributed by atoms with Crippen molar-refractivity contribution in [3.63, 3.8) is 0 Å². The molecule has 0 saturated carbocycles. The predicted octanol–water partition coefficient (Wildman–Crippen LogP) is 1.55. The Kier molecular flexibility index (Phi) is 6.61. The van der Waals surface area contributed by atoms with Crippen LogP contribution >= 0.6 is 0 Å². The van der Waals surface area contributed by atoms with Gasteiger partial charge in [0.2, 0.25) is 0 Å². The van der Waals surface area contributed by atoms with Crippen LogP contribution in [0.1, 0.15) is 19.4 Å². The van der Waals surface area contributed by atoms with E-state index in [-0.39, 0.29) is 30.0 Å². The van der Waals surface area contributed by atoms with E-state index in [0.29, 0.717) is 12.2 Å². The Hall–Kier alpha value is -2.15. The summed E-state index contributed by atoms with van der Waals surface area (Å²) in [5.41, 5.74) is 0.676. The minimum atomic E-state index is -0.507. The van der Waals surface area contributed by atoms with Crippen LogP contribution < -0.4 is 10.1 Å². The number of ether oxygens (including phenoxy) is 2. The first-order valence-electron chi connectivity index (χ1n) is 6.37. The molecule has 0 aromatic heterocycles. The zero-order valence-corrected chi connectivity index (χ0v) is 12.2. The number of hydrogen-bond acceptors (Lipinski definition) is 5. The monoisotopic (exact) mass is 298 g/mol. The van der Waals surface area contributed by atoms with Gasteiger partial charge in [0, 0.05) is 24.8 Å². The normalized spacial score (nSPS) is 12.9. The number of hydrogen-bond donors (Lipinski definition) is 2. The highest BCUT2D eigenvalue weighted by Crippen LogP contribution is 2.20. The lowest BCUT2D eigenvalue weighted by molar-refractivity contribution is -0.124. The lowest BCUT2D eigenvalue weighted by atomic mass is 10.1. The van der Waals surface area contributed by atoms with Gasteiger partial charge >= 0.3 is 0 Å². The summed E-state index contributed by atoms with van der Waals surface area (Å²) in [6, 6.07) is 3.62. The zero-order chi connectivity index (χ0) is 15.8. The molecule has 0 saturated heterocycles. The van der Waals surface area contributed by atoms with E-state index in [1.807, 2.05) is 0 Å². The Morgan fingerprint density at radius 1 is 1.52 bits per heavy atom. The number of methoxy groups -OCH3 is 1. The second-order valence-corrected chi connectivity index (χ2v) is 4.54. The second kappa shape index (κ2) is 8.21. The Morgan fingerprint density at radius 3 is 2.86 bits per heavy atom. The number of oxime groups is 1. The van der Waals surface area contributed by atoms with Gasteiger partial charge in [0.25, 0.3) is 5.91 Å². The van der Waals surface area contributed by atoms with Crippen molar-refractivity contribution < 1.29 is 23.9 Å². The number of rotatable bonds is 7. The van der Waals surface area contributed by atoms with E-state index in [1.54, 1.807) is 13.8 Å². The largest absolute Gasteiger partial charge is 0.483 e. The van der Waals surface area contributed by atoms with E-state index in [9.17, 15) is 9.18 Å². The van der Waals surface area contributed by atoms with E-state index < -0.39 is 5.82 Å². The highest BCUT2D eigenvalue weighted by Gasteiger charge is 2.12. The molecule has 1 atom stereocenters. The van der Waals surface area contributed by atoms with Gasteiger partial charge in [-0.05, 0) is 26.0 Å². The maximum Gasteiger partial charge on any atom is 0.258 e. The Balaban J connectivity index is 2.70. The molecule has 21 heavy (non-hydrogen) atoms. The summed E-state index contributed by atoms with van der Waals surface area (Å²) in [7, 11) is 1.54. The molecule has 0 aliphatic rings.